The molecule has 2 rings (SSSR count). The van der Waals surface area contributed by atoms with E-state index in [1.165, 1.54) is 26.2 Å². The fraction of sp³-hybridized carbons (Fsp3) is 0.750. The Morgan fingerprint density at radius 1 is 1.35 bits per heavy atom. The van der Waals surface area contributed by atoms with Crippen molar-refractivity contribution in [2.24, 2.45) is 11.8 Å². The van der Waals surface area contributed by atoms with Crippen molar-refractivity contribution in [3.63, 3.8) is 0 Å². The normalized spacial score (nSPS) is 27.8. The van der Waals surface area contributed by atoms with E-state index >= 15 is 0 Å². The Hall–Kier alpha value is -1.25. The van der Waals surface area contributed by atoms with Crippen molar-refractivity contribution in [3.05, 3.63) is 0 Å². The van der Waals surface area contributed by atoms with Crippen molar-refractivity contribution in [2.45, 2.75) is 12.2 Å². The average molecular weight is 303 g/mol. The number of hydrogen-bond acceptors (Lipinski definition) is 7. The van der Waals surface area contributed by atoms with Crippen LogP contribution in [0.1, 0.15) is 6.42 Å². The van der Waals surface area contributed by atoms with Crippen molar-refractivity contribution in [1.29, 1.82) is 0 Å². The van der Waals surface area contributed by atoms with Gasteiger partial charge in [0.1, 0.15) is 12.5 Å². The smallest absolute Gasteiger partial charge is 0.309 e. The van der Waals surface area contributed by atoms with Crippen LogP contribution in [0.25, 0.3) is 0 Å². The van der Waals surface area contributed by atoms with Crippen molar-refractivity contribution >= 4 is 29.3 Å². The Bertz CT molecular complexity index is 436. The molecule has 1 saturated heterocycles. The first-order chi connectivity index (χ1) is 9.50. The second kappa shape index (κ2) is 5.63. The summed E-state index contributed by atoms with van der Waals surface area (Å²) in [6.07, 6.45) is 0.268. The van der Waals surface area contributed by atoms with E-state index in [4.69, 9.17) is 31.2 Å². The molecular weight excluding hydrogens is 286 g/mol. The molecule has 0 aromatic carbocycles. The minimum Gasteiger partial charge on any atom is -0.469 e. The molecule has 1 amide bonds. The maximum atomic E-state index is 12.6. The van der Waals surface area contributed by atoms with Gasteiger partial charge in [-0.15, -0.1) is 0 Å². The maximum Gasteiger partial charge on any atom is 0.309 e. The number of esters is 1. The van der Waals surface area contributed by atoms with Gasteiger partial charge < -0.3 is 18.9 Å². The van der Waals surface area contributed by atoms with Gasteiger partial charge in [0.05, 0.1) is 19.6 Å². The van der Waals surface area contributed by atoms with Crippen LogP contribution in [0.5, 0.6) is 0 Å². The first-order valence-corrected chi connectivity index (χ1v) is 6.58. The largest absolute Gasteiger partial charge is 0.469 e. The van der Waals surface area contributed by atoms with E-state index in [1.54, 1.807) is 0 Å². The molecule has 0 aromatic rings. The molecule has 2 aliphatic rings. The number of ether oxygens (including phenoxy) is 4. The van der Waals surface area contributed by atoms with Crippen LogP contribution in [0.2, 0.25) is 0 Å². The van der Waals surface area contributed by atoms with Gasteiger partial charge in [0.2, 0.25) is 5.91 Å². The number of carbonyl (C=O) groups excluding carboxylic acids is 2. The molecule has 8 heteroatoms. The Morgan fingerprint density at radius 2 is 2.00 bits per heavy atom. The van der Waals surface area contributed by atoms with E-state index in [9.17, 15) is 9.59 Å². The molecule has 7 nitrogen and oxygen atoms in total. The highest BCUT2D eigenvalue weighted by molar-refractivity contribution is 7.80. The third-order valence-electron chi connectivity index (χ3n) is 3.87. The fourth-order valence-corrected chi connectivity index (χ4v) is 2.96. The second-order valence-corrected chi connectivity index (χ2v) is 4.99. The number of amides is 1. The van der Waals surface area contributed by atoms with Gasteiger partial charge in [-0.05, 0) is 12.2 Å². The molecule has 0 spiro atoms. The molecular formula is C12H17NO6S. The predicted octanol–water partition coefficient (Wildman–Crippen LogP) is -0.0717. The first-order valence-electron chi connectivity index (χ1n) is 6.17. The Morgan fingerprint density at radius 3 is 2.45 bits per heavy atom. The van der Waals surface area contributed by atoms with Gasteiger partial charge in [-0.1, -0.05) is 0 Å². The van der Waals surface area contributed by atoms with Crippen LogP contribution in [0.3, 0.4) is 0 Å². The highest BCUT2D eigenvalue weighted by Gasteiger charge is 2.63. The summed E-state index contributed by atoms with van der Waals surface area (Å²) in [6.45, 7) is 0.721. The zero-order chi connectivity index (χ0) is 14.9. The van der Waals surface area contributed by atoms with E-state index in [2.05, 4.69) is 0 Å². The molecule has 1 aliphatic heterocycles. The molecule has 2 unspecified atom stereocenters. The van der Waals surface area contributed by atoms with Gasteiger partial charge in [0.25, 0.3) is 5.17 Å². The van der Waals surface area contributed by atoms with E-state index < -0.39 is 23.6 Å². The second-order valence-electron chi connectivity index (χ2n) is 4.64. The lowest BCUT2D eigenvalue weighted by Crippen LogP contribution is -2.64. The monoisotopic (exact) mass is 303 g/mol. The quantitative estimate of drug-likeness (QED) is 0.409. The maximum absolute atomic E-state index is 12.6. The summed E-state index contributed by atoms with van der Waals surface area (Å²) in [5.74, 6) is -3.30. The third-order valence-corrected chi connectivity index (χ3v) is 4.21. The summed E-state index contributed by atoms with van der Waals surface area (Å²) >= 11 is 4.97. The third kappa shape index (κ3) is 2.17. The van der Waals surface area contributed by atoms with Crippen LogP contribution in [-0.2, 0) is 28.5 Å². The van der Waals surface area contributed by atoms with Crippen LogP contribution < -0.4 is 0 Å². The highest BCUT2D eigenvalue weighted by atomic mass is 32.1. The minimum absolute atomic E-state index is 0.117. The molecule has 0 radical (unpaired) electrons. The average Bonchev–Trinajstić information content (AvgIpc) is 2.85. The van der Waals surface area contributed by atoms with Crippen LogP contribution in [0.15, 0.2) is 0 Å². The SMILES string of the molecule is COC(=O)C1CC(OC)(OC)C1C(=O)N1CCOC1=S. The van der Waals surface area contributed by atoms with E-state index in [-0.39, 0.29) is 17.5 Å². The van der Waals surface area contributed by atoms with Gasteiger partial charge in [-0.25, -0.2) is 0 Å². The summed E-state index contributed by atoms with van der Waals surface area (Å²) < 4.78 is 20.5. The molecule has 0 bridgehead atoms. The lowest BCUT2D eigenvalue weighted by atomic mass is 9.66. The number of hydrogen-bond donors (Lipinski definition) is 0. The van der Waals surface area contributed by atoms with E-state index in [1.807, 2.05) is 0 Å². The molecule has 20 heavy (non-hydrogen) atoms. The number of nitrogens with zero attached hydrogens (tertiary/aromatic N) is 1. The molecule has 1 aliphatic carbocycles. The predicted molar refractivity (Wildman–Crippen MR) is 70.6 cm³/mol. The van der Waals surface area contributed by atoms with Gasteiger partial charge in [0.15, 0.2) is 5.79 Å². The van der Waals surface area contributed by atoms with Crippen LogP contribution in [-0.4, -0.2) is 62.2 Å². The first kappa shape index (κ1) is 15.1. The molecule has 1 heterocycles. The van der Waals surface area contributed by atoms with Gasteiger partial charge in [0, 0.05) is 20.6 Å². The lowest BCUT2D eigenvalue weighted by Gasteiger charge is -2.50. The van der Waals surface area contributed by atoms with Crippen molar-refractivity contribution in [3.8, 4) is 0 Å². The molecule has 2 fully saturated rings. The van der Waals surface area contributed by atoms with Gasteiger partial charge >= 0.3 is 5.97 Å². The Balaban J connectivity index is 2.24. The molecule has 0 N–H and O–H groups in total. The Kier molecular flexibility index (Phi) is 4.26. The minimum atomic E-state index is -1.12. The van der Waals surface area contributed by atoms with Gasteiger partial charge in [-0.2, -0.15) is 0 Å². The van der Waals surface area contributed by atoms with Crippen molar-refractivity contribution < 1.29 is 28.5 Å². The van der Waals surface area contributed by atoms with Gasteiger partial charge in [-0.3, -0.25) is 14.5 Å². The van der Waals surface area contributed by atoms with E-state index in [0.717, 1.165) is 0 Å². The summed E-state index contributed by atoms with van der Waals surface area (Å²) in [6, 6.07) is 0. The van der Waals surface area contributed by atoms with Crippen LogP contribution in [0, 0.1) is 11.8 Å². The van der Waals surface area contributed by atoms with Crippen molar-refractivity contribution in [2.75, 3.05) is 34.5 Å². The topological polar surface area (TPSA) is 74.3 Å². The van der Waals surface area contributed by atoms with Crippen LogP contribution in [0.4, 0.5) is 0 Å². The number of methoxy groups -OCH3 is 3. The Labute approximate surface area is 122 Å². The zero-order valence-corrected chi connectivity index (χ0v) is 12.4. The molecule has 2 atom stereocenters. The lowest BCUT2D eigenvalue weighted by molar-refractivity contribution is -0.301. The van der Waals surface area contributed by atoms with Crippen LogP contribution >= 0.6 is 12.2 Å². The summed E-state index contributed by atoms with van der Waals surface area (Å²) in [5.41, 5.74) is 0. The summed E-state index contributed by atoms with van der Waals surface area (Å²) in [5, 5.41) is 0.117. The molecule has 112 valence electrons. The fourth-order valence-electron chi connectivity index (χ4n) is 2.69. The van der Waals surface area contributed by atoms with Crippen molar-refractivity contribution in [1.82, 2.24) is 4.90 Å². The summed E-state index contributed by atoms with van der Waals surface area (Å²) in [7, 11) is 4.17. The summed E-state index contributed by atoms with van der Waals surface area (Å²) in [4.78, 5) is 25.7. The zero-order valence-electron chi connectivity index (χ0n) is 11.6. The van der Waals surface area contributed by atoms with E-state index in [0.29, 0.717) is 13.2 Å². The standard InChI is InChI=1S/C12H17NO6S/c1-16-10(15)7-6-12(17-2,18-3)8(7)9(14)13-4-5-19-11(13)20/h7-8H,4-6H2,1-3H3. The number of thiocarbonyl (C=S) groups is 1. The number of rotatable bonds is 4. The molecule has 1 saturated carbocycles. The highest BCUT2D eigenvalue weighted by Crippen LogP contribution is 2.48. The molecule has 0 aromatic heterocycles. The number of carbonyl (C=O) groups is 2.